The lowest BCUT2D eigenvalue weighted by molar-refractivity contribution is -0.150. The fraction of sp³-hybridized carbons (Fsp3) is 0.526. The molecule has 2 N–H and O–H groups in total. The van der Waals surface area contributed by atoms with Crippen LogP contribution in [0.5, 0.6) is 0 Å². The van der Waals surface area contributed by atoms with Crippen LogP contribution in [0.1, 0.15) is 12.7 Å². The van der Waals surface area contributed by atoms with Crippen molar-refractivity contribution in [2.24, 2.45) is 0 Å². The molecule has 0 bridgehead atoms. The van der Waals surface area contributed by atoms with Gasteiger partial charge in [-0.05, 0) is 19.1 Å². The molecule has 144 valence electrons. The van der Waals surface area contributed by atoms with Crippen LogP contribution in [0.2, 0.25) is 0 Å². The Bertz CT molecular complexity index is 883. The van der Waals surface area contributed by atoms with Gasteiger partial charge in [0.15, 0.2) is 0 Å². The number of rotatable bonds is 3. The number of carbonyl (C=O) groups is 1. The molecular weight excluding hydrogens is 346 g/mol. The molecule has 2 atom stereocenters. The third-order valence-electron chi connectivity index (χ3n) is 5.14. The van der Waals surface area contributed by atoms with E-state index in [0.29, 0.717) is 62.1 Å². The molecule has 1 aromatic carbocycles. The Morgan fingerprint density at radius 3 is 3.00 bits per heavy atom. The van der Waals surface area contributed by atoms with Gasteiger partial charge in [0.1, 0.15) is 11.9 Å². The predicted octanol–water partition coefficient (Wildman–Crippen LogP) is -0.0558. The first-order valence-electron chi connectivity index (χ1n) is 9.44. The zero-order valence-electron chi connectivity index (χ0n) is 15.5. The van der Waals surface area contributed by atoms with E-state index in [4.69, 9.17) is 4.74 Å². The maximum absolute atomic E-state index is 12.8. The summed E-state index contributed by atoms with van der Waals surface area (Å²) in [7, 11) is 0. The van der Waals surface area contributed by atoms with Gasteiger partial charge in [-0.1, -0.05) is 12.1 Å². The minimum Gasteiger partial charge on any atom is -0.366 e. The number of hydrogen-bond acceptors (Lipinski definition) is 6. The number of aromatic amines is 1. The molecule has 0 unspecified atom stereocenters. The number of benzene rings is 1. The van der Waals surface area contributed by atoms with Crippen LogP contribution in [0.25, 0.3) is 10.9 Å². The van der Waals surface area contributed by atoms with Crippen molar-refractivity contribution in [2.75, 3.05) is 39.3 Å². The number of piperazine rings is 1. The van der Waals surface area contributed by atoms with Crippen LogP contribution in [0.15, 0.2) is 29.1 Å². The molecule has 0 aliphatic carbocycles. The molecule has 3 heterocycles. The maximum Gasteiger partial charge on any atom is 0.258 e. The summed E-state index contributed by atoms with van der Waals surface area (Å²) in [5, 5.41) is 3.93. The number of ether oxygens (including phenoxy) is 1. The Kier molecular flexibility index (Phi) is 5.20. The van der Waals surface area contributed by atoms with Gasteiger partial charge in [0.25, 0.3) is 11.5 Å². The fourth-order valence-electron chi connectivity index (χ4n) is 3.75. The number of carbonyl (C=O) groups excluding carboxylic acids is 1. The number of fused-ring (bicyclic) bond motifs is 1. The van der Waals surface area contributed by atoms with Crippen LogP contribution in [0, 0.1) is 0 Å². The van der Waals surface area contributed by atoms with E-state index in [0.717, 1.165) is 6.54 Å². The minimum atomic E-state index is -0.462. The third-order valence-corrected chi connectivity index (χ3v) is 5.14. The summed E-state index contributed by atoms with van der Waals surface area (Å²) >= 11 is 0. The molecule has 27 heavy (non-hydrogen) atoms. The molecule has 2 aliphatic heterocycles. The van der Waals surface area contributed by atoms with Gasteiger partial charge in [-0.15, -0.1) is 0 Å². The Hall–Kier alpha value is -2.29. The highest BCUT2D eigenvalue weighted by molar-refractivity contribution is 5.81. The van der Waals surface area contributed by atoms with Crippen molar-refractivity contribution in [1.29, 1.82) is 0 Å². The molecule has 2 fully saturated rings. The van der Waals surface area contributed by atoms with Crippen molar-refractivity contribution in [1.82, 2.24) is 25.1 Å². The summed E-state index contributed by atoms with van der Waals surface area (Å²) in [4.78, 5) is 36.5. The highest BCUT2D eigenvalue weighted by atomic mass is 16.5. The number of hydrogen-bond donors (Lipinski definition) is 2. The van der Waals surface area contributed by atoms with E-state index >= 15 is 0 Å². The van der Waals surface area contributed by atoms with Crippen molar-refractivity contribution in [2.45, 2.75) is 25.6 Å². The monoisotopic (exact) mass is 371 g/mol. The van der Waals surface area contributed by atoms with Gasteiger partial charge in [0, 0.05) is 38.8 Å². The lowest BCUT2D eigenvalue weighted by Crippen LogP contribution is -2.57. The molecule has 1 aromatic heterocycles. The molecule has 0 saturated carbocycles. The number of aromatic nitrogens is 2. The van der Waals surface area contributed by atoms with Crippen molar-refractivity contribution < 1.29 is 9.53 Å². The van der Waals surface area contributed by atoms with Gasteiger partial charge in [0.05, 0.1) is 24.1 Å². The van der Waals surface area contributed by atoms with Gasteiger partial charge < -0.3 is 19.9 Å². The van der Waals surface area contributed by atoms with E-state index in [-0.39, 0.29) is 11.5 Å². The highest BCUT2D eigenvalue weighted by Gasteiger charge is 2.32. The Morgan fingerprint density at radius 2 is 2.15 bits per heavy atom. The third kappa shape index (κ3) is 4.02. The standard InChI is InChI=1S/C19H25N5O3/c1-13-10-24(7-6-20-13)19(26)16-11-23(8-9-27-16)12-17-21-15-5-3-2-4-14(15)18(25)22-17/h2-5,13,16,20H,6-12H2,1H3,(H,21,22,25)/t13-,16+/m1/s1. The van der Waals surface area contributed by atoms with Crippen LogP contribution in [0.4, 0.5) is 0 Å². The smallest absolute Gasteiger partial charge is 0.258 e. The van der Waals surface area contributed by atoms with E-state index in [1.165, 1.54) is 0 Å². The Balaban J connectivity index is 1.44. The molecule has 2 saturated heterocycles. The lowest BCUT2D eigenvalue weighted by atomic mass is 10.2. The van der Waals surface area contributed by atoms with E-state index in [1.807, 2.05) is 23.1 Å². The normalized spacial score (nSPS) is 24.3. The van der Waals surface area contributed by atoms with Crippen LogP contribution in [-0.4, -0.2) is 77.2 Å². The molecular formula is C19H25N5O3. The number of para-hydroxylation sites is 1. The van der Waals surface area contributed by atoms with Gasteiger partial charge in [-0.25, -0.2) is 4.98 Å². The quantitative estimate of drug-likeness (QED) is 0.786. The first-order valence-corrected chi connectivity index (χ1v) is 9.44. The Labute approximate surface area is 157 Å². The lowest BCUT2D eigenvalue weighted by Gasteiger charge is -2.37. The minimum absolute atomic E-state index is 0.0491. The second kappa shape index (κ2) is 7.75. The van der Waals surface area contributed by atoms with Crippen LogP contribution in [-0.2, 0) is 16.1 Å². The molecule has 2 aliphatic rings. The summed E-state index contributed by atoms with van der Waals surface area (Å²) in [5.74, 6) is 0.663. The molecule has 8 heteroatoms. The summed E-state index contributed by atoms with van der Waals surface area (Å²) < 4.78 is 5.74. The average Bonchev–Trinajstić information content (AvgIpc) is 2.68. The molecule has 8 nitrogen and oxygen atoms in total. The van der Waals surface area contributed by atoms with Crippen molar-refractivity contribution in [3.05, 3.63) is 40.4 Å². The topological polar surface area (TPSA) is 90.6 Å². The van der Waals surface area contributed by atoms with Gasteiger partial charge in [-0.3, -0.25) is 14.5 Å². The second-order valence-corrected chi connectivity index (χ2v) is 7.26. The highest BCUT2D eigenvalue weighted by Crippen LogP contribution is 2.13. The maximum atomic E-state index is 12.8. The zero-order chi connectivity index (χ0) is 18.8. The summed E-state index contributed by atoms with van der Waals surface area (Å²) in [6.07, 6.45) is -0.462. The number of H-pyrrole nitrogens is 1. The second-order valence-electron chi connectivity index (χ2n) is 7.26. The Morgan fingerprint density at radius 1 is 1.30 bits per heavy atom. The van der Waals surface area contributed by atoms with Gasteiger partial charge in [0.2, 0.25) is 0 Å². The number of nitrogens with one attached hydrogen (secondary N) is 2. The van der Waals surface area contributed by atoms with Crippen LogP contribution in [0.3, 0.4) is 0 Å². The first-order chi connectivity index (χ1) is 13.1. The van der Waals surface area contributed by atoms with Crippen molar-refractivity contribution in [3.8, 4) is 0 Å². The molecule has 2 aromatic rings. The summed E-state index contributed by atoms with van der Waals surface area (Å²) in [6.45, 7) is 6.51. The van der Waals surface area contributed by atoms with Crippen LogP contribution >= 0.6 is 0 Å². The van der Waals surface area contributed by atoms with Crippen molar-refractivity contribution in [3.63, 3.8) is 0 Å². The molecule has 4 rings (SSSR count). The van der Waals surface area contributed by atoms with E-state index in [2.05, 4.69) is 27.1 Å². The predicted molar refractivity (Wildman–Crippen MR) is 101 cm³/mol. The largest absolute Gasteiger partial charge is 0.366 e. The van der Waals surface area contributed by atoms with E-state index in [9.17, 15) is 9.59 Å². The number of amides is 1. The van der Waals surface area contributed by atoms with E-state index < -0.39 is 6.10 Å². The SMILES string of the molecule is C[C@@H]1CN(C(=O)[C@@H]2CN(Cc3nc4ccccc4c(=O)[nH]3)CCO2)CCN1. The molecule has 0 radical (unpaired) electrons. The zero-order valence-corrected chi connectivity index (χ0v) is 15.5. The molecule has 1 amide bonds. The average molecular weight is 371 g/mol. The molecule has 0 spiro atoms. The van der Waals surface area contributed by atoms with Crippen molar-refractivity contribution >= 4 is 16.8 Å². The van der Waals surface area contributed by atoms with Crippen LogP contribution < -0.4 is 10.9 Å². The fourth-order valence-corrected chi connectivity index (χ4v) is 3.75. The van der Waals surface area contributed by atoms with Gasteiger partial charge in [-0.2, -0.15) is 0 Å². The summed E-state index contributed by atoms with van der Waals surface area (Å²) in [5.41, 5.74) is 0.554. The van der Waals surface area contributed by atoms with Gasteiger partial charge >= 0.3 is 0 Å². The number of nitrogens with zero attached hydrogens (tertiary/aromatic N) is 3. The summed E-state index contributed by atoms with van der Waals surface area (Å²) in [6, 6.07) is 7.60. The van der Waals surface area contributed by atoms with E-state index in [1.54, 1.807) is 6.07 Å². The number of morpholine rings is 1. The first kappa shape index (κ1) is 18.1.